The van der Waals surface area contributed by atoms with Crippen LogP contribution in [0.25, 0.3) is 0 Å². The average molecular weight is 332 g/mol. The minimum atomic E-state index is -0.418. The lowest BCUT2D eigenvalue weighted by Gasteiger charge is -2.50. The molecule has 1 N–H and O–H groups in total. The SMILES string of the molecule is Cc1coc2c1C(OC(=O)CC(C)C)C1(C)C(=CCC(O)C1C)C2. The first-order chi connectivity index (χ1) is 11.2. The van der Waals surface area contributed by atoms with Crippen molar-refractivity contribution >= 4 is 5.97 Å². The van der Waals surface area contributed by atoms with Gasteiger partial charge in [-0.05, 0) is 30.7 Å². The Morgan fingerprint density at radius 1 is 1.50 bits per heavy atom. The molecule has 0 saturated carbocycles. The molecule has 0 aliphatic heterocycles. The van der Waals surface area contributed by atoms with Gasteiger partial charge in [-0.15, -0.1) is 0 Å². The molecule has 0 aromatic carbocycles. The summed E-state index contributed by atoms with van der Waals surface area (Å²) in [6.45, 7) is 10.2. The third-order valence-corrected chi connectivity index (χ3v) is 5.91. The van der Waals surface area contributed by atoms with Crippen LogP contribution in [0.2, 0.25) is 0 Å². The van der Waals surface area contributed by atoms with Crippen molar-refractivity contribution < 1.29 is 19.1 Å². The molecule has 132 valence electrons. The van der Waals surface area contributed by atoms with Crippen molar-refractivity contribution in [2.75, 3.05) is 0 Å². The number of esters is 1. The Balaban J connectivity index is 2.06. The van der Waals surface area contributed by atoms with E-state index < -0.39 is 17.6 Å². The third kappa shape index (κ3) is 2.61. The largest absolute Gasteiger partial charge is 0.468 e. The molecule has 1 aromatic heterocycles. The van der Waals surface area contributed by atoms with Gasteiger partial charge in [-0.3, -0.25) is 4.79 Å². The molecule has 1 aromatic rings. The molecular formula is C20H28O4. The fourth-order valence-electron chi connectivity index (χ4n) is 4.21. The number of hydrogen-bond donors (Lipinski definition) is 1. The Bertz CT molecular complexity index is 669. The summed E-state index contributed by atoms with van der Waals surface area (Å²) in [5, 5.41) is 10.4. The zero-order chi connectivity index (χ0) is 17.6. The summed E-state index contributed by atoms with van der Waals surface area (Å²) >= 11 is 0. The first kappa shape index (κ1) is 17.3. The zero-order valence-electron chi connectivity index (χ0n) is 15.3. The number of aryl methyl sites for hydroxylation is 1. The molecular weight excluding hydrogens is 304 g/mol. The van der Waals surface area contributed by atoms with Crippen LogP contribution in [0.3, 0.4) is 0 Å². The van der Waals surface area contributed by atoms with E-state index in [4.69, 9.17) is 9.15 Å². The van der Waals surface area contributed by atoms with Gasteiger partial charge in [0.1, 0.15) is 11.9 Å². The zero-order valence-corrected chi connectivity index (χ0v) is 15.3. The van der Waals surface area contributed by atoms with E-state index in [1.165, 1.54) is 5.57 Å². The molecule has 0 spiro atoms. The highest BCUT2D eigenvalue weighted by atomic mass is 16.5. The molecule has 0 fully saturated rings. The summed E-state index contributed by atoms with van der Waals surface area (Å²) in [5.41, 5.74) is 2.82. The number of ether oxygens (including phenoxy) is 1. The van der Waals surface area contributed by atoms with Gasteiger partial charge < -0.3 is 14.3 Å². The maximum absolute atomic E-state index is 12.4. The molecule has 0 radical (unpaired) electrons. The fraction of sp³-hybridized carbons (Fsp3) is 0.650. The van der Waals surface area contributed by atoms with Gasteiger partial charge in [0, 0.05) is 23.8 Å². The second kappa shape index (κ2) is 6.07. The van der Waals surface area contributed by atoms with Gasteiger partial charge in [0.15, 0.2) is 0 Å². The fourth-order valence-corrected chi connectivity index (χ4v) is 4.21. The van der Waals surface area contributed by atoms with Crippen molar-refractivity contribution in [3.63, 3.8) is 0 Å². The lowest BCUT2D eigenvalue weighted by molar-refractivity contribution is -0.161. The minimum Gasteiger partial charge on any atom is -0.468 e. The number of aliphatic hydroxyl groups is 1. The number of furan rings is 1. The number of rotatable bonds is 3. The van der Waals surface area contributed by atoms with Crippen molar-refractivity contribution in [3.8, 4) is 0 Å². The molecule has 4 atom stereocenters. The second-order valence-corrected chi connectivity index (χ2v) is 8.00. The van der Waals surface area contributed by atoms with E-state index >= 15 is 0 Å². The Kier molecular flexibility index (Phi) is 4.37. The number of carbonyl (C=O) groups excluding carboxylic acids is 1. The number of hydrogen-bond acceptors (Lipinski definition) is 4. The van der Waals surface area contributed by atoms with Gasteiger partial charge in [0.25, 0.3) is 0 Å². The van der Waals surface area contributed by atoms with Gasteiger partial charge >= 0.3 is 5.97 Å². The van der Waals surface area contributed by atoms with Crippen LogP contribution in [0.1, 0.15) is 63.5 Å². The van der Waals surface area contributed by atoms with Gasteiger partial charge in [-0.25, -0.2) is 0 Å². The first-order valence-electron chi connectivity index (χ1n) is 8.89. The predicted molar refractivity (Wildman–Crippen MR) is 91.4 cm³/mol. The minimum absolute atomic E-state index is 0.0109. The van der Waals surface area contributed by atoms with Crippen LogP contribution in [0.15, 0.2) is 22.3 Å². The maximum Gasteiger partial charge on any atom is 0.306 e. The van der Waals surface area contributed by atoms with E-state index in [0.29, 0.717) is 12.8 Å². The lowest BCUT2D eigenvalue weighted by atomic mass is 9.58. The van der Waals surface area contributed by atoms with Crippen LogP contribution >= 0.6 is 0 Å². The van der Waals surface area contributed by atoms with Crippen LogP contribution in [-0.4, -0.2) is 17.2 Å². The summed E-state index contributed by atoms with van der Waals surface area (Å²) in [4.78, 5) is 12.4. The van der Waals surface area contributed by atoms with Crippen LogP contribution in [-0.2, 0) is 16.0 Å². The highest BCUT2D eigenvalue weighted by molar-refractivity contribution is 5.70. The molecule has 2 aliphatic rings. The molecule has 4 nitrogen and oxygen atoms in total. The van der Waals surface area contributed by atoms with E-state index in [1.54, 1.807) is 6.26 Å². The molecule has 3 rings (SSSR count). The van der Waals surface area contributed by atoms with Crippen molar-refractivity contribution in [2.24, 2.45) is 17.3 Å². The molecule has 4 unspecified atom stereocenters. The predicted octanol–water partition coefficient (Wildman–Crippen LogP) is 4.11. The quantitative estimate of drug-likeness (QED) is 0.668. The second-order valence-electron chi connectivity index (χ2n) is 8.00. The van der Waals surface area contributed by atoms with E-state index in [2.05, 4.69) is 19.9 Å². The van der Waals surface area contributed by atoms with E-state index in [-0.39, 0.29) is 17.8 Å². The highest BCUT2D eigenvalue weighted by Crippen LogP contribution is 2.57. The van der Waals surface area contributed by atoms with Crippen molar-refractivity contribution in [2.45, 2.75) is 66.1 Å². The van der Waals surface area contributed by atoms with E-state index in [1.807, 2.05) is 20.8 Å². The summed E-state index contributed by atoms with van der Waals surface area (Å²) in [7, 11) is 0. The standard InChI is InChI=1S/C20H28O4/c1-11(2)8-17(22)24-19-18-12(3)10-23-16(18)9-14-6-7-15(21)13(4)20(14,19)5/h6,10-11,13,15,19,21H,7-9H2,1-5H3. The number of carbonyl (C=O) groups is 1. The highest BCUT2D eigenvalue weighted by Gasteiger charge is 2.53. The monoisotopic (exact) mass is 332 g/mol. The summed E-state index contributed by atoms with van der Waals surface area (Å²) in [6, 6.07) is 0. The Hall–Kier alpha value is -1.55. The van der Waals surface area contributed by atoms with Gasteiger partial charge in [-0.2, -0.15) is 0 Å². The smallest absolute Gasteiger partial charge is 0.306 e. The molecule has 0 saturated heterocycles. The Morgan fingerprint density at radius 2 is 2.21 bits per heavy atom. The summed E-state index contributed by atoms with van der Waals surface area (Å²) < 4.78 is 11.7. The van der Waals surface area contributed by atoms with Gasteiger partial charge in [0.2, 0.25) is 0 Å². The van der Waals surface area contributed by atoms with Crippen LogP contribution in [0.5, 0.6) is 0 Å². The van der Waals surface area contributed by atoms with Gasteiger partial charge in [-0.1, -0.05) is 39.3 Å². The summed E-state index contributed by atoms with van der Waals surface area (Å²) in [5.74, 6) is 0.971. The molecule has 0 bridgehead atoms. The number of aliphatic hydroxyl groups excluding tert-OH is 1. The van der Waals surface area contributed by atoms with Crippen LogP contribution < -0.4 is 0 Å². The average Bonchev–Trinajstić information content (AvgIpc) is 2.86. The molecule has 4 heteroatoms. The maximum atomic E-state index is 12.4. The van der Waals surface area contributed by atoms with Crippen molar-refractivity contribution in [1.82, 2.24) is 0 Å². The van der Waals surface area contributed by atoms with Crippen LogP contribution in [0.4, 0.5) is 0 Å². The van der Waals surface area contributed by atoms with Gasteiger partial charge in [0.05, 0.1) is 12.4 Å². The lowest BCUT2D eigenvalue weighted by Crippen LogP contribution is -2.47. The molecule has 1 heterocycles. The van der Waals surface area contributed by atoms with Crippen LogP contribution in [0, 0.1) is 24.2 Å². The first-order valence-corrected chi connectivity index (χ1v) is 8.89. The molecule has 24 heavy (non-hydrogen) atoms. The van der Waals surface area contributed by atoms with Crippen molar-refractivity contribution in [3.05, 3.63) is 34.8 Å². The number of fused-ring (bicyclic) bond motifs is 2. The topological polar surface area (TPSA) is 59.7 Å². The van der Waals surface area contributed by atoms with E-state index in [9.17, 15) is 9.90 Å². The molecule has 2 aliphatic carbocycles. The Morgan fingerprint density at radius 3 is 2.88 bits per heavy atom. The van der Waals surface area contributed by atoms with E-state index in [0.717, 1.165) is 23.3 Å². The van der Waals surface area contributed by atoms with Crippen molar-refractivity contribution in [1.29, 1.82) is 0 Å². The third-order valence-electron chi connectivity index (χ3n) is 5.91. The Labute approximate surface area is 143 Å². The summed E-state index contributed by atoms with van der Waals surface area (Å²) in [6.07, 6.45) is 4.81. The molecule has 0 amide bonds. The normalized spacial score (nSPS) is 32.1.